The number of carbonyl (C=O) groups is 1. The summed E-state index contributed by atoms with van der Waals surface area (Å²) in [6.07, 6.45) is 0.355. The monoisotopic (exact) mass is 407 g/mol. The Morgan fingerprint density at radius 2 is 1.85 bits per heavy atom. The smallest absolute Gasteiger partial charge is 0.227 e. The molecule has 9 heteroatoms. The molecule has 144 valence electrons. The van der Waals surface area contributed by atoms with Crippen molar-refractivity contribution in [2.75, 3.05) is 41.3 Å². The first kappa shape index (κ1) is 19.7. The van der Waals surface area contributed by atoms with Gasteiger partial charge >= 0.3 is 0 Å². The Hall–Kier alpha value is -2.03. The van der Waals surface area contributed by atoms with E-state index < -0.39 is 0 Å². The lowest BCUT2D eigenvalue weighted by molar-refractivity contribution is -0.130. The molecule has 0 spiro atoms. The van der Waals surface area contributed by atoms with Crippen molar-refractivity contribution in [1.82, 2.24) is 15.1 Å². The van der Waals surface area contributed by atoms with Gasteiger partial charge in [-0.2, -0.15) is 4.47 Å². The maximum Gasteiger partial charge on any atom is 0.227 e. The van der Waals surface area contributed by atoms with Gasteiger partial charge in [-0.3, -0.25) is 10.0 Å². The van der Waals surface area contributed by atoms with Crippen molar-refractivity contribution in [2.24, 2.45) is 0 Å². The second-order valence-electron chi connectivity index (χ2n) is 6.12. The van der Waals surface area contributed by atoms with E-state index in [2.05, 4.69) is 15.1 Å². The number of benzene rings is 1. The summed E-state index contributed by atoms with van der Waals surface area (Å²) < 4.78 is 1.14. The van der Waals surface area contributed by atoms with Crippen LogP contribution in [0.2, 0.25) is 5.15 Å². The van der Waals surface area contributed by atoms with Crippen molar-refractivity contribution in [3.63, 3.8) is 0 Å². The molecule has 1 N–H and O–H groups in total. The lowest BCUT2D eigenvalue weighted by Crippen LogP contribution is -2.49. The fourth-order valence-electron chi connectivity index (χ4n) is 2.89. The number of aromatic nitrogens is 2. The van der Waals surface area contributed by atoms with E-state index >= 15 is 0 Å². The number of halogens is 1. The lowest BCUT2D eigenvalue weighted by Gasteiger charge is -2.35. The van der Waals surface area contributed by atoms with Crippen molar-refractivity contribution in [3.05, 3.63) is 47.1 Å². The van der Waals surface area contributed by atoms with Gasteiger partial charge in [0.05, 0.1) is 12.1 Å². The minimum Gasteiger partial charge on any atom is -0.352 e. The predicted octanol–water partition coefficient (Wildman–Crippen LogP) is 2.89. The number of rotatable bonds is 6. The molecule has 0 saturated carbocycles. The first-order valence-electron chi connectivity index (χ1n) is 8.79. The Bertz CT molecular complexity index is 751. The minimum atomic E-state index is 0.105. The number of piperazine rings is 1. The van der Waals surface area contributed by atoms with Gasteiger partial charge in [-0.1, -0.05) is 30.7 Å². The third kappa shape index (κ3) is 5.24. The average Bonchev–Trinajstić information content (AvgIpc) is 2.69. The van der Waals surface area contributed by atoms with Crippen LogP contribution in [0.1, 0.15) is 12.5 Å². The predicted molar refractivity (Wildman–Crippen MR) is 108 cm³/mol. The van der Waals surface area contributed by atoms with Crippen LogP contribution in [0.4, 0.5) is 11.5 Å². The van der Waals surface area contributed by atoms with Gasteiger partial charge in [-0.05, 0) is 41.8 Å². The summed E-state index contributed by atoms with van der Waals surface area (Å²) in [4.78, 5) is 16.5. The maximum absolute atomic E-state index is 12.6. The van der Waals surface area contributed by atoms with E-state index in [1.807, 2.05) is 42.2 Å². The second-order valence-corrected chi connectivity index (χ2v) is 7.68. The van der Waals surface area contributed by atoms with Crippen LogP contribution in [-0.2, 0) is 11.2 Å². The van der Waals surface area contributed by atoms with Gasteiger partial charge in [0.15, 0.2) is 11.0 Å². The van der Waals surface area contributed by atoms with Crippen molar-refractivity contribution in [2.45, 2.75) is 13.3 Å². The van der Waals surface area contributed by atoms with Gasteiger partial charge in [0, 0.05) is 31.9 Å². The molecule has 1 aliphatic heterocycles. The molecule has 2 heterocycles. The van der Waals surface area contributed by atoms with E-state index in [1.165, 1.54) is 11.9 Å². The highest BCUT2D eigenvalue weighted by atomic mass is 35.5. The average molecular weight is 408 g/mol. The number of nitrogens with zero attached hydrogens (tertiary/aromatic N) is 5. The molecule has 0 radical (unpaired) electrons. The Morgan fingerprint density at radius 3 is 2.44 bits per heavy atom. The van der Waals surface area contributed by atoms with Crippen LogP contribution in [-0.4, -0.2) is 58.1 Å². The summed E-state index contributed by atoms with van der Waals surface area (Å²) in [6.45, 7) is 4.71. The van der Waals surface area contributed by atoms with Gasteiger partial charge in [-0.25, -0.2) is 0 Å². The number of hydrogen-bond donors (Lipinski definition) is 1. The summed E-state index contributed by atoms with van der Waals surface area (Å²) in [7, 11) is 0. The summed E-state index contributed by atoms with van der Waals surface area (Å²) in [5.41, 5.74) is 1.64. The van der Waals surface area contributed by atoms with Crippen LogP contribution in [0.3, 0.4) is 0 Å². The van der Waals surface area contributed by atoms with Crippen molar-refractivity contribution in [1.29, 1.82) is 0 Å². The molecule has 3 rings (SSSR count). The van der Waals surface area contributed by atoms with Crippen LogP contribution in [0, 0.1) is 0 Å². The summed E-state index contributed by atoms with van der Waals surface area (Å²) in [5, 5.41) is 18.2. The van der Waals surface area contributed by atoms with Crippen LogP contribution < -0.4 is 9.37 Å². The summed E-state index contributed by atoms with van der Waals surface area (Å²) in [5.74, 6) is 1.67. The molecule has 1 saturated heterocycles. The normalized spacial score (nSPS) is 14.3. The Labute approximate surface area is 168 Å². The molecule has 0 aliphatic carbocycles. The zero-order valence-electron chi connectivity index (χ0n) is 15.1. The molecule has 0 unspecified atom stereocenters. The zero-order valence-corrected chi connectivity index (χ0v) is 16.7. The molecule has 1 aromatic heterocycles. The topological polar surface area (TPSA) is 72.8 Å². The van der Waals surface area contributed by atoms with Gasteiger partial charge in [0.1, 0.15) is 0 Å². The van der Waals surface area contributed by atoms with E-state index in [9.17, 15) is 10.0 Å². The van der Waals surface area contributed by atoms with E-state index in [0.29, 0.717) is 43.4 Å². The molecule has 27 heavy (non-hydrogen) atoms. The van der Waals surface area contributed by atoms with E-state index in [0.717, 1.165) is 21.6 Å². The van der Waals surface area contributed by atoms with Gasteiger partial charge in [-0.15, -0.1) is 10.2 Å². The standard InChI is InChI=1S/C18H22ClN5O2S/c1-2-27-24(26)15-5-3-14(4-6-15)13-18(25)23-11-9-22(10-12-23)17-8-7-16(19)20-21-17/h3-8,26H,2,9-13H2,1H3. The Kier molecular flexibility index (Phi) is 6.76. The van der Waals surface area contributed by atoms with Crippen molar-refractivity contribution >= 4 is 41.0 Å². The quantitative estimate of drug-likeness (QED) is 0.583. The van der Waals surface area contributed by atoms with Crippen LogP contribution in [0.5, 0.6) is 0 Å². The SMILES string of the molecule is CCSN(O)c1ccc(CC(=O)N2CCN(c3ccc(Cl)nn3)CC2)cc1. The second kappa shape index (κ2) is 9.25. The first-order valence-corrected chi connectivity index (χ1v) is 10.1. The summed E-state index contributed by atoms with van der Waals surface area (Å²) in [6, 6.07) is 11.0. The van der Waals surface area contributed by atoms with Crippen molar-refractivity contribution in [3.8, 4) is 0 Å². The Balaban J connectivity index is 1.51. The van der Waals surface area contributed by atoms with Crippen molar-refractivity contribution < 1.29 is 10.0 Å². The maximum atomic E-state index is 12.6. The fraction of sp³-hybridized carbons (Fsp3) is 0.389. The number of hydrogen-bond acceptors (Lipinski definition) is 7. The number of amides is 1. The van der Waals surface area contributed by atoms with E-state index in [1.54, 1.807) is 6.07 Å². The molecule has 0 atom stereocenters. The highest BCUT2D eigenvalue weighted by molar-refractivity contribution is 8.00. The molecule has 2 aromatic rings. The summed E-state index contributed by atoms with van der Waals surface area (Å²) >= 11 is 7.09. The third-order valence-electron chi connectivity index (χ3n) is 4.34. The Morgan fingerprint density at radius 1 is 1.15 bits per heavy atom. The van der Waals surface area contributed by atoms with Gasteiger partial charge < -0.3 is 9.80 Å². The highest BCUT2D eigenvalue weighted by Gasteiger charge is 2.22. The van der Waals surface area contributed by atoms with Crippen LogP contribution >= 0.6 is 23.5 Å². The molecule has 0 bridgehead atoms. The third-order valence-corrected chi connectivity index (χ3v) is 5.25. The van der Waals surface area contributed by atoms with Crippen LogP contribution in [0.25, 0.3) is 0 Å². The van der Waals surface area contributed by atoms with E-state index in [-0.39, 0.29) is 5.91 Å². The zero-order chi connectivity index (χ0) is 19.2. The largest absolute Gasteiger partial charge is 0.352 e. The lowest BCUT2D eigenvalue weighted by atomic mass is 10.1. The number of carbonyl (C=O) groups excluding carboxylic acids is 1. The van der Waals surface area contributed by atoms with Crippen LogP contribution in [0.15, 0.2) is 36.4 Å². The van der Waals surface area contributed by atoms with E-state index in [4.69, 9.17) is 11.6 Å². The van der Waals surface area contributed by atoms with Gasteiger partial charge in [0.2, 0.25) is 5.91 Å². The molecule has 1 aliphatic rings. The molecule has 1 aromatic carbocycles. The molecular weight excluding hydrogens is 386 g/mol. The molecule has 7 nitrogen and oxygen atoms in total. The minimum absolute atomic E-state index is 0.105. The number of anilines is 2. The molecule has 1 amide bonds. The highest BCUT2D eigenvalue weighted by Crippen LogP contribution is 2.21. The molecule has 1 fully saturated rings. The molecular formula is C18H22ClN5O2S. The first-order chi connectivity index (χ1) is 13.1. The fourth-order valence-corrected chi connectivity index (χ4v) is 3.50. The van der Waals surface area contributed by atoms with Gasteiger partial charge in [0.25, 0.3) is 0 Å².